The quantitative estimate of drug-likeness (QED) is 0.700. The van der Waals surface area contributed by atoms with Crippen LogP contribution in [-0.2, 0) is 4.74 Å². The minimum Gasteiger partial charge on any atom is -0.371 e. The van der Waals surface area contributed by atoms with Gasteiger partial charge in [-0.2, -0.15) is 0 Å². The number of pyridine rings is 1. The van der Waals surface area contributed by atoms with Crippen LogP contribution in [0.5, 0.6) is 0 Å². The molecule has 1 aliphatic heterocycles. The summed E-state index contributed by atoms with van der Waals surface area (Å²) >= 11 is 0. The molecule has 1 aliphatic rings. The van der Waals surface area contributed by atoms with Crippen molar-refractivity contribution in [3.05, 3.63) is 42.2 Å². The molecule has 1 unspecified atom stereocenters. The van der Waals surface area contributed by atoms with Gasteiger partial charge in [0.2, 0.25) is 0 Å². The maximum Gasteiger partial charge on any atom is 0.0950 e. The lowest BCUT2D eigenvalue weighted by molar-refractivity contribution is 0.0278. The number of rotatable bonds is 1. The summed E-state index contributed by atoms with van der Waals surface area (Å²) in [7, 11) is 0. The summed E-state index contributed by atoms with van der Waals surface area (Å²) in [4.78, 5) is 7.63. The smallest absolute Gasteiger partial charge is 0.0950 e. The molecule has 1 aromatic carbocycles. The van der Waals surface area contributed by atoms with Crippen LogP contribution >= 0.6 is 0 Å². The molecule has 2 aromatic heterocycles. The van der Waals surface area contributed by atoms with Crippen molar-refractivity contribution in [2.75, 3.05) is 19.7 Å². The van der Waals surface area contributed by atoms with Crippen molar-refractivity contribution >= 4 is 21.8 Å². The van der Waals surface area contributed by atoms with Gasteiger partial charge in [-0.3, -0.25) is 4.98 Å². The fourth-order valence-electron chi connectivity index (χ4n) is 2.74. The second kappa shape index (κ2) is 4.33. The van der Waals surface area contributed by atoms with Gasteiger partial charge in [0.1, 0.15) is 0 Å². The van der Waals surface area contributed by atoms with Gasteiger partial charge >= 0.3 is 0 Å². The van der Waals surface area contributed by atoms with Crippen LogP contribution in [0.15, 0.2) is 36.7 Å². The largest absolute Gasteiger partial charge is 0.371 e. The van der Waals surface area contributed by atoms with E-state index in [9.17, 15) is 0 Å². The van der Waals surface area contributed by atoms with Crippen molar-refractivity contribution in [2.45, 2.75) is 6.10 Å². The number of aromatic amines is 1. The highest BCUT2D eigenvalue weighted by Crippen LogP contribution is 2.28. The van der Waals surface area contributed by atoms with Crippen LogP contribution in [0.2, 0.25) is 0 Å². The third-order valence-corrected chi connectivity index (χ3v) is 3.72. The third-order valence-electron chi connectivity index (χ3n) is 3.72. The number of H-pyrrole nitrogens is 1. The molecule has 3 heterocycles. The molecular formula is C15H15N3O. The van der Waals surface area contributed by atoms with Crippen molar-refractivity contribution in [3.63, 3.8) is 0 Å². The first kappa shape index (κ1) is 11.0. The van der Waals surface area contributed by atoms with Crippen molar-refractivity contribution in [1.29, 1.82) is 0 Å². The summed E-state index contributed by atoms with van der Waals surface area (Å²) < 4.78 is 5.81. The molecule has 4 rings (SSSR count). The standard InChI is InChI=1S/C15H15N3O/c1-2-13-11(12-8-16-4-3-14(12)18-13)7-10(1)15-9-17-5-6-19-15/h1-4,7-8,15,17-18H,5-6,9H2. The van der Waals surface area contributed by atoms with Gasteiger partial charge in [0.15, 0.2) is 0 Å². The predicted molar refractivity (Wildman–Crippen MR) is 75.2 cm³/mol. The minimum absolute atomic E-state index is 0.153. The Bertz CT molecular complexity index is 728. The van der Waals surface area contributed by atoms with Crippen molar-refractivity contribution in [1.82, 2.24) is 15.3 Å². The van der Waals surface area contributed by atoms with E-state index in [0.29, 0.717) is 0 Å². The van der Waals surface area contributed by atoms with Gasteiger partial charge in [-0.1, -0.05) is 6.07 Å². The molecule has 3 aromatic rings. The molecule has 19 heavy (non-hydrogen) atoms. The fraction of sp³-hybridized carbons (Fsp3) is 0.267. The van der Waals surface area contributed by atoms with Crippen LogP contribution in [0.1, 0.15) is 11.7 Å². The summed E-state index contributed by atoms with van der Waals surface area (Å²) in [5.74, 6) is 0. The summed E-state index contributed by atoms with van der Waals surface area (Å²) in [6.45, 7) is 2.60. The molecule has 2 N–H and O–H groups in total. The van der Waals surface area contributed by atoms with Crippen LogP contribution < -0.4 is 5.32 Å². The maximum atomic E-state index is 5.81. The molecule has 4 heteroatoms. The van der Waals surface area contributed by atoms with Gasteiger partial charge in [0, 0.05) is 47.3 Å². The number of fused-ring (bicyclic) bond motifs is 3. The lowest BCUT2D eigenvalue weighted by Crippen LogP contribution is -2.33. The number of hydrogen-bond donors (Lipinski definition) is 2. The molecule has 96 valence electrons. The zero-order valence-corrected chi connectivity index (χ0v) is 10.5. The second-order valence-electron chi connectivity index (χ2n) is 4.91. The van der Waals surface area contributed by atoms with Gasteiger partial charge in [0.05, 0.1) is 12.7 Å². The van der Waals surface area contributed by atoms with E-state index in [1.807, 2.05) is 18.5 Å². The van der Waals surface area contributed by atoms with Gasteiger partial charge in [-0.25, -0.2) is 0 Å². The van der Waals surface area contributed by atoms with Crippen molar-refractivity contribution < 1.29 is 4.74 Å². The summed E-state index contributed by atoms with van der Waals surface area (Å²) in [6, 6.07) is 8.49. The molecular weight excluding hydrogens is 238 g/mol. The Morgan fingerprint density at radius 2 is 2.11 bits per heavy atom. The molecule has 0 spiro atoms. The Morgan fingerprint density at radius 3 is 3.00 bits per heavy atom. The number of ether oxygens (including phenoxy) is 1. The Kier molecular flexibility index (Phi) is 2.50. The molecule has 0 saturated carbocycles. The molecule has 0 amide bonds. The number of nitrogens with one attached hydrogen (secondary N) is 2. The second-order valence-corrected chi connectivity index (χ2v) is 4.91. The van der Waals surface area contributed by atoms with Gasteiger partial charge in [-0.15, -0.1) is 0 Å². The molecule has 0 radical (unpaired) electrons. The average Bonchev–Trinajstić information content (AvgIpc) is 2.86. The topological polar surface area (TPSA) is 49.9 Å². The summed E-state index contributed by atoms with van der Waals surface area (Å²) in [6.07, 6.45) is 3.88. The number of aromatic nitrogens is 2. The number of morpholine rings is 1. The van der Waals surface area contributed by atoms with E-state index in [1.165, 1.54) is 16.3 Å². The van der Waals surface area contributed by atoms with E-state index in [4.69, 9.17) is 4.74 Å². The number of nitrogens with zero attached hydrogens (tertiary/aromatic N) is 1. The lowest BCUT2D eigenvalue weighted by Gasteiger charge is -2.24. The van der Waals surface area contributed by atoms with Gasteiger partial charge in [-0.05, 0) is 23.8 Å². The van der Waals surface area contributed by atoms with Gasteiger partial charge in [0.25, 0.3) is 0 Å². The normalized spacial score (nSPS) is 20.1. The summed E-state index contributed by atoms with van der Waals surface area (Å²) in [5.41, 5.74) is 3.50. The highest BCUT2D eigenvalue weighted by molar-refractivity contribution is 6.06. The van der Waals surface area contributed by atoms with E-state index >= 15 is 0 Å². The van der Waals surface area contributed by atoms with Crippen molar-refractivity contribution in [2.24, 2.45) is 0 Å². The Balaban J connectivity index is 1.87. The van der Waals surface area contributed by atoms with E-state index in [1.54, 1.807) is 0 Å². The fourth-order valence-corrected chi connectivity index (χ4v) is 2.74. The lowest BCUT2D eigenvalue weighted by atomic mass is 10.1. The zero-order valence-electron chi connectivity index (χ0n) is 10.5. The number of benzene rings is 1. The Labute approximate surface area is 110 Å². The Morgan fingerprint density at radius 1 is 1.16 bits per heavy atom. The highest BCUT2D eigenvalue weighted by Gasteiger charge is 2.16. The first-order chi connectivity index (χ1) is 9.42. The first-order valence-corrected chi connectivity index (χ1v) is 6.59. The van der Waals surface area contributed by atoms with E-state index < -0.39 is 0 Å². The van der Waals surface area contributed by atoms with Crippen molar-refractivity contribution in [3.8, 4) is 0 Å². The predicted octanol–water partition coefficient (Wildman–Crippen LogP) is 2.38. The SMILES string of the molecule is c1cc2[nH]c3ccc(C4CNCCO4)cc3c2cn1. The molecule has 4 nitrogen and oxygen atoms in total. The summed E-state index contributed by atoms with van der Waals surface area (Å²) in [5, 5.41) is 5.75. The third kappa shape index (κ3) is 1.80. The maximum absolute atomic E-state index is 5.81. The van der Waals surface area contributed by atoms with E-state index in [2.05, 4.69) is 33.5 Å². The monoisotopic (exact) mass is 253 g/mol. The van der Waals surface area contributed by atoms with Crippen LogP contribution in [-0.4, -0.2) is 29.7 Å². The van der Waals surface area contributed by atoms with Crippen LogP contribution in [0.3, 0.4) is 0 Å². The van der Waals surface area contributed by atoms with Crippen LogP contribution in [0.25, 0.3) is 21.8 Å². The average molecular weight is 253 g/mol. The van der Waals surface area contributed by atoms with E-state index in [0.717, 1.165) is 30.7 Å². The van der Waals surface area contributed by atoms with Crippen LogP contribution in [0.4, 0.5) is 0 Å². The molecule has 1 fully saturated rings. The Hall–Kier alpha value is -1.91. The molecule has 1 saturated heterocycles. The first-order valence-electron chi connectivity index (χ1n) is 6.59. The van der Waals surface area contributed by atoms with Gasteiger partial charge < -0.3 is 15.0 Å². The molecule has 1 atom stereocenters. The highest BCUT2D eigenvalue weighted by atomic mass is 16.5. The molecule has 0 bridgehead atoms. The molecule has 0 aliphatic carbocycles. The van der Waals surface area contributed by atoms with E-state index in [-0.39, 0.29) is 6.10 Å². The van der Waals surface area contributed by atoms with Crippen LogP contribution in [0, 0.1) is 0 Å². The number of hydrogen-bond acceptors (Lipinski definition) is 3. The minimum atomic E-state index is 0.153. The zero-order chi connectivity index (χ0) is 12.7.